The van der Waals surface area contributed by atoms with E-state index in [9.17, 15) is 14.0 Å². The molecule has 0 bridgehead atoms. The molecule has 2 aromatic carbocycles. The molecule has 0 spiro atoms. The summed E-state index contributed by atoms with van der Waals surface area (Å²) in [5.41, 5.74) is 1.82. The summed E-state index contributed by atoms with van der Waals surface area (Å²) in [5.74, 6) is -2.14. The van der Waals surface area contributed by atoms with Crippen molar-refractivity contribution < 1.29 is 14.0 Å². The number of hydrogen-bond donors (Lipinski definition) is 0. The number of amides is 1. The largest absolute Gasteiger partial charge is 0.299 e. The van der Waals surface area contributed by atoms with E-state index >= 15 is 0 Å². The van der Waals surface area contributed by atoms with Crippen LogP contribution in [0.5, 0.6) is 0 Å². The first-order valence-corrected chi connectivity index (χ1v) is 6.76. The number of ketones is 1. The Hall–Kier alpha value is -2.20. The molecule has 5 heteroatoms. The molecule has 1 heterocycles. The van der Waals surface area contributed by atoms with Gasteiger partial charge in [-0.15, -0.1) is 0 Å². The lowest BCUT2D eigenvalue weighted by Crippen LogP contribution is -2.29. The van der Waals surface area contributed by atoms with Crippen molar-refractivity contribution in [3.8, 4) is 0 Å². The summed E-state index contributed by atoms with van der Waals surface area (Å²) >= 11 is 5.92. The number of anilines is 1. The highest BCUT2D eigenvalue weighted by Gasteiger charge is 2.39. The molecule has 3 rings (SSSR count). The number of halogens is 2. The number of aryl methyl sites for hydroxylation is 1. The van der Waals surface area contributed by atoms with E-state index in [1.165, 1.54) is 6.07 Å². The highest BCUT2D eigenvalue weighted by Crippen LogP contribution is 2.37. The summed E-state index contributed by atoms with van der Waals surface area (Å²) in [6.45, 7) is 2.08. The lowest BCUT2D eigenvalue weighted by atomic mass is 10.1. The maximum atomic E-state index is 14.0. The fraction of sp³-hybridized carbons (Fsp3) is 0.125. The van der Waals surface area contributed by atoms with Crippen LogP contribution in [0.15, 0.2) is 36.4 Å². The number of carbonyl (C=O) groups is 2. The monoisotopic (exact) mass is 303 g/mol. The molecule has 21 heavy (non-hydrogen) atoms. The maximum Gasteiger partial charge on any atom is 0.299 e. The summed E-state index contributed by atoms with van der Waals surface area (Å²) in [6, 6.07) is 9.92. The van der Waals surface area contributed by atoms with E-state index in [0.717, 1.165) is 22.1 Å². The Bertz CT molecular complexity index is 756. The Kier molecular flexibility index (Phi) is 3.26. The van der Waals surface area contributed by atoms with Crippen molar-refractivity contribution in [2.45, 2.75) is 13.5 Å². The average molecular weight is 304 g/mol. The quantitative estimate of drug-likeness (QED) is 0.796. The molecule has 1 aliphatic rings. The lowest BCUT2D eigenvalue weighted by molar-refractivity contribution is -0.114. The number of fused-ring (bicyclic) bond motifs is 1. The highest BCUT2D eigenvalue weighted by molar-refractivity contribution is 6.55. The Morgan fingerprint density at radius 3 is 2.43 bits per heavy atom. The van der Waals surface area contributed by atoms with Crippen LogP contribution in [0.25, 0.3) is 0 Å². The zero-order valence-electron chi connectivity index (χ0n) is 11.2. The SMILES string of the molecule is Cc1ccc(CN2C(=O)C(=O)c3c(Cl)ccc(F)c32)cc1. The van der Waals surface area contributed by atoms with Gasteiger partial charge in [-0.05, 0) is 24.6 Å². The van der Waals surface area contributed by atoms with E-state index in [4.69, 9.17) is 11.6 Å². The van der Waals surface area contributed by atoms with E-state index < -0.39 is 17.5 Å². The predicted molar refractivity (Wildman–Crippen MR) is 78.1 cm³/mol. The molecule has 0 aliphatic carbocycles. The molecule has 0 aromatic heterocycles. The third-order valence-corrected chi connectivity index (χ3v) is 3.79. The van der Waals surface area contributed by atoms with Gasteiger partial charge in [-0.25, -0.2) is 4.39 Å². The van der Waals surface area contributed by atoms with Gasteiger partial charge in [-0.3, -0.25) is 14.5 Å². The van der Waals surface area contributed by atoms with Gasteiger partial charge in [0, 0.05) is 0 Å². The summed E-state index contributed by atoms with van der Waals surface area (Å²) in [4.78, 5) is 25.2. The maximum absolute atomic E-state index is 14.0. The van der Waals surface area contributed by atoms with Gasteiger partial charge in [-0.2, -0.15) is 0 Å². The molecule has 0 fully saturated rings. The zero-order valence-corrected chi connectivity index (χ0v) is 11.9. The van der Waals surface area contributed by atoms with Gasteiger partial charge >= 0.3 is 0 Å². The molecule has 1 aliphatic heterocycles. The van der Waals surface area contributed by atoms with E-state index in [1.807, 2.05) is 31.2 Å². The van der Waals surface area contributed by atoms with Crippen molar-refractivity contribution in [3.05, 3.63) is 63.9 Å². The first-order valence-electron chi connectivity index (χ1n) is 6.39. The average Bonchev–Trinajstić information content (AvgIpc) is 2.71. The third kappa shape index (κ3) is 2.21. The van der Waals surface area contributed by atoms with Crippen LogP contribution in [0.3, 0.4) is 0 Å². The molecule has 3 nitrogen and oxygen atoms in total. The Morgan fingerprint density at radius 2 is 1.76 bits per heavy atom. The van der Waals surface area contributed by atoms with Crippen LogP contribution in [0.1, 0.15) is 21.5 Å². The first kappa shape index (κ1) is 13.8. The second kappa shape index (κ2) is 4.97. The van der Waals surface area contributed by atoms with Crippen molar-refractivity contribution >= 4 is 29.0 Å². The van der Waals surface area contributed by atoms with E-state index in [1.54, 1.807) is 0 Å². The van der Waals surface area contributed by atoms with Gasteiger partial charge in [0.1, 0.15) is 5.82 Å². The first-order chi connectivity index (χ1) is 9.99. The van der Waals surface area contributed by atoms with Crippen LogP contribution in [0.2, 0.25) is 5.02 Å². The fourth-order valence-electron chi connectivity index (χ4n) is 2.38. The van der Waals surface area contributed by atoms with Gasteiger partial charge in [0.15, 0.2) is 0 Å². The number of carbonyl (C=O) groups excluding carboxylic acids is 2. The lowest BCUT2D eigenvalue weighted by Gasteiger charge is -2.17. The van der Waals surface area contributed by atoms with E-state index in [2.05, 4.69) is 0 Å². The summed E-state index contributed by atoms with van der Waals surface area (Å²) in [6.07, 6.45) is 0. The number of nitrogens with zero attached hydrogens (tertiary/aromatic N) is 1. The molecule has 0 radical (unpaired) electrons. The molecule has 0 saturated heterocycles. The molecule has 1 amide bonds. The van der Waals surface area contributed by atoms with E-state index in [0.29, 0.717) is 0 Å². The minimum absolute atomic E-state index is 0.0296. The fourth-order valence-corrected chi connectivity index (χ4v) is 2.62. The molecular formula is C16H11ClFNO2. The number of rotatable bonds is 2. The topological polar surface area (TPSA) is 37.4 Å². The molecule has 2 aromatic rings. The third-order valence-electron chi connectivity index (χ3n) is 3.48. The van der Waals surface area contributed by atoms with Crippen molar-refractivity contribution in [3.63, 3.8) is 0 Å². The van der Waals surface area contributed by atoms with Crippen LogP contribution in [-0.4, -0.2) is 11.7 Å². The van der Waals surface area contributed by atoms with Gasteiger partial charge in [0.05, 0.1) is 22.8 Å². The van der Waals surface area contributed by atoms with Crippen molar-refractivity contribution in [2.24, 2.45) is 0 Å². The minimum atomic E-state index is -0.762. The molecule has 0 N–H and O–H groups in total. The van der Waals surface area contributed by atoms with Crippen molar-refractivity contribution in [1.82, 2.24) is 0 Å². The molecule has 0 atom stereocenters. The van der Waals surface area contributed by atoms with Crippen LogP contribution in [0, 0.1) is 12.7 Å². The highest BCUT2D eigenvalue weighted by atomic mass is 35.5. The Balaban J connectivity index is 2.05. The summed E-state index contributed by atoms with van der Waals surface area (Å²) in [7, 11) is 0. The minimum Gasteiger partial charge on any atom is -0.298 e. The van der Waals surface area contributed by atoms with Crippen molar-refractivity contribution in [2.75, 3.05) is 4.90 Å². The van der Waals surface area contributed by atoms with Crippen molar-refractivity contribution in [1.29, 1.82) is 0 Å². The van der Waals surface area contributed by atoms with Crippen LogP contribution in [-0.2, 0) is 11.3 Å². The Labute approximate surface area is 125 Å². The second-order valence-corrected chi connectivity index (χ2v) is 5.37. The number of benzene rings is 2. The number of hydrogen-bond acceptors (Lipinski definition) is 2. The number of Topliss-reactive ketones (excluding diaryl/α,β-unsaturated/α-hetero) is 1. The molecule has 106 valence electrons. The van der Waals surface area contributed by atoms with Gasteiger partial charge in [0.25, 0.3) is 11.7 Å². The standard InChI is InChI=1S/C16H11ClFNO2/c1-9-2-4-10(5-3-9)8-19-14-12(18)7-6-11(17)13(14)15(20)16(19)21/h2-7H,8H2,1H3. The van der Waals surface area contributed by atoms with Crippen LogP contribution in [0.4, 0.5) is 10.1 Å². The molecule has 0 unspecified atom stereocenters. The summed E-state index contributed by atoms with van der Waals surface area (Å²) in [5, 5.41) is 0.0937. The summed E-state index contributed by atoms with van der Waals surface area (Å²) < 4.78 is 14.0. The molecule has 0 saturated carbocycles. The predicted octanol–water partition coefficient (Wildman–Crippen LogP) is 3.52. The Morgan fingerprint density at radius 1 is 1.10 bits per heavy atom. The zero-order chi connectivity index (χ0) is 15.1. The van der Waals surface area contributed by atoms with Crippen LogP contribution < -0.4 is 4.90 Å². The van der Waals surface area contributed by atoms with Gasteiger partial charge in [0.2, 0.25) is 0 Å². The van der Waals surface area contributed by atoms with E-state index in [-0.39, 0.29) is 22.8 Å². The molecular weight excluding hydrogens is 293 g/mol. The smallest absolute Gasteiger partial charge is 0.298 e. The van der Waals surface area contributed by atoms with Gasteiger partial charge in [-0.1, -0.05) is 41.4 Å². The van der Waals surface area contributed by atoms with Gasteiger partial charge < -0.3 is 0 Å². The second-order valence-electron chi connectivity index (χ2n) is 4.96. The normalized spacial score (nSPS) is 13.8. The van der Waals surface area contributed by atoms with Crippen LogP contribution >= 0.6 is 11.6 Å².